The Balaban J connectivity index is 2.09. The Kier molecular flexibility index (Phi) is 2.68. The molecule has 0 unspecified atom stereocenters. The molecule has 1 aromatic carbocycles. The quantitative estimate of drug-likeness (QED) is 0.791. The van der Waals surface area contributed by atoms with E-state index in [1.54, 1.807) is 6.07 Å². The van der Waals surface area contributed by atoms with Crippen molar-refractivity contribution in [2.45, 2.75) is 6.42 Å². The Morgan fingerprint density at radius 1 is 1.50 bits per heavy atom. The minimum absolute atomic E-state index is 0.289. The second kappa shape index (κ2) is 3.96. The van der Waals surface area contributed by atoms with Crippen molar-refractivity contribution in [2.24, 2.45) is 5.92 Å². The smallest absolute Gasteiger partial charge is 0.165 e. The van der Waals surface area contributed by atoms with E-state index < -0.39 is 0 Å². The predicted molar refractivity (Wildman–Crippen MR) is 53.0 cm³/mol. The van der Waals surface area contributed by atoms with E-state index in [0.717, 1.165) is 25.1 Å². The van der Waals surface area contributed by atoms with E-state index in [2.05, 4.69) is 5.32 Å². The molecule has 2 rings (SSSR count). The highest BCUT2D eigenvalue weighted by Crippen LogP contribution is 2.21. The Bertz CT molecular complexity index is 323. The Morgan fingerprint density at radius 2 is 2.29 bits per heavy atom. The summed E-state index contributed by atoms with van der Waals surface area (Å²) in [6.45, 7) is 2.14. The Hall–Kier alpha value is -1.09. The van der Waals surface area contributed by atoms with Crippen molar-refractivity contribution in [2.75, 3.05) is 20.2 Å². The van der Waals surface area contributed by atoms with Crippen molar-refractivity contribution >= 4 is 0 Å². The third kappa shape index (κ3) is 1.87. The highest BCUT2D eigenvalue weighted by molar-refractivity contribution is 5.30. The molecule has 0 bridgehead atoms. The van der Waals surface area contributed by atoms with Gasteiger partial charge in [0.05, 0.1) is 7.11 Å². The van der Waals surface area contributed by atoms with Gasteiger partial charge in [0.1, 0.15) is 0 Å². The summed E-state index contributed by atoms with van der Waals surface area (Å²) in [6, 6.07) is 5.09. The van der Waals surface area contributed by atoms with Crippen LogP contribution >= 0.6 is 0 Å². The number of benzene rings is 1. The maximum absolute atomic E-state index is 13.1. The zero-order valence-electron chi connectivity index (χ0n) is 8.22. The Labute approximate surface area is 83.1 Å². The van der Waals surface area contributed by atoms with Crippen LogP contribution in [-0.4, -0.2) is 20.2 Å². The molecule has 1 heterocycles. The summed E-state index contributed by atoms with van der Waals surface area (Å²) in [5, 5.41) is 3.22. The van der Waals surface area contributed by atoms with Crippen molar-refractivity contribution in [3.63, 3.8) is 0 Å². The first-order chi connectivity index (χ1) is 6.79. The molecule has 76 valence electrons. The summed E-state index contributed by atoms with van der Waals surface area (Å²) < 4.78 is 18.0. The summed E-state index contributed by atoms with van der Waals surface area (Å²) in [5.74, 6) is 0.753. The molecule has 0 amide bonds. The highest BCUT2D eigenvalue weighted by Gasteiger charge is 2.17. The molecule has 3 heteroatoms. The van der Waals surface area contributed by atoms with Crippen LogP contribution in [0.2, 0.25) is 0 Å². The van der Waals surface area contributed by atoms with Gasteiger partial charge < -0.3 is 10.1 Å². The van der Waals surface area contributed by atoms with Crippen molar-refractivity contribution < 1.29 is 9.13 Å². The van der Waals surface area contributed by atoms with E-state index in [1.165, 1.54) is 13.2 Å². The normalized spacial score (nSPS) is 16.4. The number of hydrogen-bond acceptors (Lipinski definition) is 2. The van der Waals surface area contributed by atoms with Crippen LogP contribution in [0.5, 0.6) is 5.75 Å². The van der Waals surface area contributed by atoms with Crippen LogP contribution < -0.4 is 10.1 Å². The van der Waals surface area contributed by atoms with Gasteiger partial charge in [-0.05, 0) is 43.1 Å². The molecule has 0 spiro atoms. The minimum atomic E-state index is -0.289. The van der Waals surface area contributed by atoms with Crippen molar-refractivity contribution in [1.82, 2.24) is 5.32 Å². The SMILES string of the molecule is COc1cc(CC2CNC2)ccc1F. The molecular weight excluding hydrogens is 181 g/mol. The van der Waals surface area contributed by atoms with Gasteiger partial charge in [-0.3, -0.25) is 0 Å². The molecule has 1 aliphatic heterocycles. The van der Waals surface area contributed by atoms with Crippen LogP contribution in [0.3, 0.4) is 0 Å². The summed E-state index contributed by atoms with van der Waals surface area (Å²) in [7, 11) is 1.49. The van der Waals surface area contributed by atoms with E-state index >= 15 is 0 Å². The van der Waals surface area contributed by atoms with Crippen LogP contribution in [0.15, 0.2) is 18.2 Å². The lowest BCUT2D eigenvalue weighted by Crippen LogP contribution is -2.43. The average molecular weight is 195 g/mol. The van der Waals surface area contributed by atoms with Crippen molar-refractivity contribution in [1.29, 1.82) is 0 Å². The van der Waals surface area contributed by atoms with E-state index in [-0.39, 0.29) is 5.82 Å². The van der Waals surface area contributed by atoms with Gasteiger partial charge in [0.2, 0.25) is 0 Å². The Morgan fingerprint density at radius 3 is 2.86 bits per heavy atom. The summed E-state index contributed by atoms with van der Waals surface area (Å²) in [6.07, 6.45) is 1.00. The molecule has 14 heavy (non-hydrogen) atoms. The second-order valence-electron chi connectivity index (χ2n) is 3.70. The highest BCUT2D eigenvalue weighted by atomic mass is 19.1. The number of hydrogen-bond donors (Lipinski definition) is 1. The molecule has 0 aromatic heterocycles. The molecule has 2 nitrogen and oxygen atoms in total. The maximum Gasteiger partial charge on any atom is 0.165 e. The number of ether oxygens (including phenoxy) is 1. The molecule has 1 aromatic rings. The van der Waals surface area contributed by atoms with Crippen molar-refractivity contribution in [3.8, 4) is 5.75 Å². The second-order valence-corrected chi connectivity index (χ2v) is 3.70. The van der Waals surface area contributed by atoms with Gasteiger partial charge in [-0.1, -0.05) is 6.07 Å². The lowest BCUT2D eigenvalue weighted by molar-refractivity contribution is 0.344. The van der Waals surface area contributed by atoms with E-state index in [0.29, 0.717) is 11.7 Å². The standard InChI is InChI=1S/C11H14FNO/c1-14-11-5-8(2-3-10(11)12)4-9-6-13-7-9/h2-3,5,9,13H,4,6-7H2,1H3. The monoisotopic (exact) mass is 195 g/mol. The topological polar surface area (TPSA) is 21.3 Å². The van der Waals surface area contributed by atoms with E-state index in [9.17, 15) is 4.39 Å². The molecular formula is C11H14FNO. The minimum Gasteiger partial charge on any atom is -0.494 e. The number of halogens is 1. The maximum atomic E-state index is 13.1. The fraction of sp³-hybridized carbons (Fsp3) is 0.455. The van der Waals surface area contributed by atoms with Crippen LogP contribution in [0.25, 0.3) is 0 Å². The molecule has 0 radical (unpaired) electrons. The van der Waals surface area contributed by atoms with Crippen LogP contribution in [-0.2, 0) is 6.42 Å². The van der Waals surface area contributed by atoms with Gasteiger partial charge in [-0.2, -0.15) is 0 Å². The lowest BCUT2D eigenvalue weighted by Gasteiger charge is -2.27. The largest absolute Gasteiger partial charge is 0.494 e. The van der Waals surface area contributed by atoms with Gasteiger partial charge in [0.25, 0.3) is 0 Å². The zero-order chi connectivity index (χ0) is 9.97. The summed E-state index contributed by atoms with van der Waals surface area (Å²) >= 11 is 0. The summed E-state index contributed by atoms with van der Waals surface area (Å²) in [4.78, 5) is 0. The van der Waals surface area contributed by atoms with Crippen LogP contribution in [0.1, 0.15) is 5.56 Å². The molecule has 0 aliphatic carbocycles. The first-order valence-electron chi connectivity index (χ1n) is 4.82. The van der Waals surface area contributed by atoms with E-state index in [4.69, 9.17) is 4.74 Å². The van der Waals surface area contributed by atoms with Gasteiger partial charge in [0, 0.05) is 0 Å². The first kappa shape index (κ1) is 9.46. The zero-order valence-corrected chi connectivity index (χ0v) is 8.22. The third-order valence-corrected chi connectivity index (χ3v) is 2.61. The van der Waals surface area contributed by atoms with Gasteiger partial charge in [-0.25, -0.2) is 4.39 Å². The fourth-order valence-electron chi connectivity index (χ4n) is 1.66. The molecule has 0 saturated carbocycles. The first-order valence-corrected chi connectivity index (χ1v) is 4.82. The number of rotatable bonds is 3. The van der Waals surface area contributed by atoms with Crippen LogP contribution in [0, 0.1) is 11.7 Å². The van der Waals surface area contributed by atoms with Gasteiger partial charge in [0.15, 0.2) is 11.6 Å². The van der Waals surface area contributed by atoms with Gasteiger partial charge in [-0.15, -0.1) is 0 Å². The molecule has 0 atom stereocenters. The molecule has 1 saturated heterocycles. The lowest BCUT2D eigenvalue weighted by atomic mass is 9.94. The van der Waals surface area contributed by atoms with Crippen LogP contribution in [0.4, 0.5) is 4.39 Å². The third-order valence-electron chi connectivity index (χ3n) is 2.61. The molecule has 1 aliphatic rings. The predicted octanol–water partition coefficient (Wildman–Crippen LogP) is 1.60. The fourth-order valence-corrected chi connectivity index (χ4v) is 1.66. The number of methoxy groups -OCH3 is 1. The molecule has 1 N–H and O–H groups in total. The van der Waals surface area contributed by atoms with Crippen molar-refractivity contribution in [3.05, 3.63) is 29.6 Å². The van der Waals surface area contributed by atoms with E-state index in [1.807, 2.05) is 6.07 Å². The molecule has 1 fully saturated rings. The summed E-state index contributed by atoms with van der Waals surface area (Å²) in [5.41, 5.74) is 1.15. The van der Waals surface area contributed by atoms with Gasteiger partial charge >= 0.3 is 0 Å². The number of nitrogens with one attached hydrogen (secondary N) is 1. The average Bonchev–Trinajstić information content (AvgIpc) is 2.14.